The van der Waals surface area contributed by atoms with Crippen molar-refractivity contribution in [1.82, 2.24) is 0 Å². The van der Waals surface area contributed by atoms with Crippen LogP contribution < -0.4 is 0 Å². The van der Waals surface area contributed by atoms with E-state index in [0.717, 1.165) is 12.8 Å². The zero-order chi connectivity index (χ0) is 11.7. The Morgan fingerprint density at radius 1 is 1.50 bits per heavy atom. The molecule has 86 valence electrons. The lowest BCUT2D eigenvalue weighted by molar-refractivity contribution is -0.137. The Labute approximate surface area is 96.3 Å². The number of hydrogen-bond acceptors (Lipinski definition) is 1. The highest BCUT2D eigenvalue weighted by molar-refractivity contribution is 5.68. The maximum atomic E-state index is 10.9. The highest BCUT2D eigenvalue weighted by atomic mass is 16.4. The summed E-state index contributed by atoms with van der Waals surface area (Å²) in [5.41, 5.74) is 3.95. The molecule has 0 fully saturated rings. The van der Waals surface area contributed by atoms with E-state index in [9.17, 15) is 4.79 Å². The summed E-state index contributed by atoms with van der Waals surface area (Å²) in [5.74, 6) is -0.0160. The number of hydrogen-bond donors (Lipinski definition) is 1. The summed E-state index contributed by atoms with van der Waals surface area (Å²) >= 11 is 0. The van der Waals surface area contributed by atoms with Gasteiger partial charge in [0.05, 0.1) is 6.42 Å². The van der Waals surface area contributed by atoms with Gasteiger partial charge in [0.15, 0.2) is 0 Å². The maximum Gasteiger partial charge on any atom is 0.303 e. The second-order valence-electron chi connectivity index (χ2n) is 4.86. The second kappa shape index (κ2) is 4.28. The van der Waals surface area contributed by atoms with Crippen LogP contribution in [0.15, 0.2) is 18.2 Å². The first kappa shape index (κ1) is 11.2. The summed E-state index contributed by atoms with van der Waals surface area (Å²) in [4.78, 5) is 10.9. The van der Waals surface area contributed by atoms with Gasteiger partial charge in [-0.05, 0) is 48.3 Å². The molecule has 2 rings (SSSR count). The van der Waals surface area contributed by atoms with Crippen LogP contribution in [0.2, 0.25) is 0 Å². The monoisotopic (exact) mass is 218 g/mol. The van der Waals surface area contributed by atoms with Crippen LogP contribution >= 0.6 is 0 Å². The number of carboxylic acids is 1. The lowest BCUT2D eigenvalue weighted by Crippen LogP contribution is -2.21. The molecule has 0 aliphatic heterocycles. The van der Waals surface area contributed by atoms with Gasteiger partial charge in [0, 0.05) is 0 Å². The van der Waals surface area contributed by atoms with Crippen molar-refractivity contribution in [2.45, 2.75) is 39.0 Å². The fraction of sp³-hybridized carbons (Fsp3) is 0.500. The molecular formula is C14H18O2. The highest BCUT2D eigenvalue weighted by Crippen LogP contribution is 2.39. The van der Waals surface area contributed by atoms with Gasteiger partial charge >= 0.3 is 5.97 Å². The molecule has 1 aliphatic rings. The van der Waals surface area contributed by atoms with Crippen LogP contribution in [0.1, 0.15) is 42.4 Å². The lowest BCUT2D eigenvalue weighted by atomic mass is 9.73. The molecule has 2 unspecified atom stereocenters. The standard InChI is InChI=1S/C14H18O2/c1-9-4-3-5-12-11(9)7-6-10(2)13(12)8-14(15)16/h3-5,10,13H,6-8H2,1-2H3,(H,15,16). The minimum absolute atomic E-state index is 0.196. The molecular weight excluding hydrogens is 200 g/mol. The Balaban J connectivity index is 2.40. The number of fused-ring (bicyclic) bond motifs is 1. The van der Waals surface area contributed by atoms with Crippen LogP contribution in [0.5, 0.6) is 0 Å². The number of benzene rings is 1. The molecule has 0 radical (unpaired) electrons. The summed E-state index contributed by atoms with van der Waals surface area (Å²) < 4.78 is 0. The van der Waals surface area contributed by atoms with Crippen LogP contribution in [0.4, 0.5) is 0 Å². The number of aryl methyl sites for hydroxylation is 1. The SMILES string of the molecule is Cc1cccc2c1CCC(C)C2CC(=O)O. The lowest BCUT2D eigenvalue weighted by Gasteiger charge is -2.31. The van der Waals surface area contributed by atoms with Gasteiger partial charge < -0.3 is 5.11 Å². The summed E-state index contributed by atoms with van der Waals surface area (Å²) in [6.45, 7) is 4.28. The topological polar surface area (TPSA) is 37.3 Å². The predicted octanol–water partition coefficient (Wildman–Crippen LogP) is 3.14. The molecule has 1 N–H and O–H groups in total. The molecule has 2 atom stereocenters. The van der Waals surface area contributed by atoms with Crippen molar-refractivity contribution in [3.05, 3.63) is 34.9 Å². The van der Waals surface area contributed by atoms with Gasteiger partial charge in [-0.15, -0.1) is 0 Å². The largest absolute Gasteiger partial charge is 0.481 e. The van der Waals surface area contributed by atoms with E-state index in [-0.39, 0.29) is 12.3 Å². The molecule has 0 saturated heterocycles. The average molecular weight is 218 g/mol. The van der Waals surface area contributed by atoms with Gasteiger partial charge in [0.2, 0.25) is 0 Å². The smallest absolute Gasteiger partial charge is 0.303 e. The Morgan fingerprint density at radius 2 is 2.25 bits per heavy atom. The molecule has 1 aliphatic carbocycles. The molecule has 2 heteroatoms. The van der Waals surface area contributed by atoms with Crippen molar-refractivity contribution >= 4 is 5.97 Å². The predicted molar refractivity (Wildman–Crippen MR) is 63.7 cm³/mol. The van der Waals surface area contributed by atoms with Gasteiger partial charge in [0.25, 0.3) is 0 Å². The van der Waals surface area contributed by atoms with Gasteiger partial charge in [-0.2, -0.15) is 0 Å². The van der Waals surface area contributed by atoms with E-state index in [1.165, 1.54) is 16.7 Å². The fourth-order valence-corrected chi connectivity index (χ4v) is 2.79. The molecule has 1 aromatic rings. The third kappa shape index (κ3) is 1.97. The van der Waals surface area contributed by atoms with Gasteiger partial charge in [-0.25, -0.2) is 0 Å². The Kier molecular flexibility index (Phi) is 2.99. The summed E-state index contributed by atoms with van der Waals surface area (Å²) in [5, 5.41) is 8.98. The fourth-order valence-electron chi connectivity index (χ4n) is 2.79. The van der Waals surface area contributed by atoms with Crippen molar-refractivity contribution in [3.63, 3.8) is 0 Å². The van der Waals surface area contributed by atoms with E-state index in [0.29, 0.717) is 5.92 Å². The minimum atomic E-state index is -0.689. The highest BCUT2D eigenvalue weighted by Gasteiger charge is 2.28. The number of carbonyl (C=O) groups is 1. The first-order chi connectivity index (χ1) is 7.59. The summed E-state index contributed by atoms with van der Waals surface area (Å²) in [7, 11) is 0. The first-order valence-corrected chi connectivity index (χ1v) is 5.89. The molecule has 1 aromatic carbocycles. The third-order valence-electron chi connectivity index (χ3n) is 3.78. The van der Waals surface area contributed by atoms with E-state index in [1.54, 1.807) is 0 Å². The Bertz CT molecular complexity index is 409. The van der Waals surface area contributed by atoms with Crippen molar-refractivity contribution in [2.75, 3.05) is 0 Å². The number of rotatable bonds is 2. The van der Waals surface area contributed by atoms with Crippen LogP contribution in [0.25, 0.3) is 0 Å². The number of carboxylic acid groups (broad SMARTS) is 1. The summed E-state index contributed by atoms with van der Waals surface area (Å²) in [6.07, 6.45) is 2.46. The van der Waals surface area contributed by atoms with E-state index in [1.807, 2.05) is 6.07 Å². The van der Waals surface area contributed by atoms with Crippen LogP contribution in [-0.4, -0.2) is 11.1 Å². The molecule has 0 spiro atoms. The van der Waals surface area contributed by atoms with Crippen LogP contribution in [0, 0.1) is 12.8 Å². The van der Waals surface area contributed by atoms with Crippen molar-refractivity contribution in [3.8, 4) is 0 Å². The quantitative estimate of drug-likeness (QED) is 0.828. The summed E-state index contributed by atoms with van der Waals surface area (Å²) in [6, 6.07) is 6.26. The number of aliphatic carboxylic acids is 1. The van der Waals surface area contributed by atoms with Crippen molar-refractivity contribution in [2.24, 2.45) is 5.92 Å². The second-order valence-corrected chi connectivity index (χ2v) is 4.86. The maximum absolute atomic E-state index is 10.9. The van der Waals surface area contributed by atoms with Crippen molar-refractivity contribution in [1.29, 1.82) is 0 Å². The van der Waals surface area contributed by atoms with E-state index in [4.69, 9.17) is 5.11 Å². The van der Waals surface area contributed by atoms with Gasteiger partial charge in [-0.1, -0.05) is 25.1 Å². The van der Waals surface area contributed by atoms with Crippen molar-refractivity contribution < 1.29 is 9.90 Å². The molecule has 16 heavy (non-hydrogen) atoms. The van der Waals surface area contributed by atoms with Crippen LogP contribution in [0.3, 0.4) is 0 Å². The van der Waals surface area contributed by atoms with E-state index < -0.39 is 5.97 Å². The molecule has 0 bridgehead atoms. The zero-order valence-corrected chi connectivity index (χ0v) is 9.86. The van der Waals surface area contributed by atoms with Gasteiger partial charge in [-0.3, -0.25) is 4.79 Å². The molecule has 2 nitrogen and oxygen atoms in total. The minimum Gasteiger partial charge on any atom is -0.481 e. The molecule has 0 heterocycles. The normalized spacial score (nSPS) is 23.9. The van der Waals surface area contributed by atoms with E-state index >= 15 is 0 Å². The Hall–Kier alpha value is -1.31. The Morgan fingerprint density at radius 3 is 2.94 bits per heavy atom. The molecule has 0 saturated carbocycles. The average Bonchev–Trinajstić information content (AvgIpc) is 2.22. The van der Waals surface area contributed by atoms with E-state index in [2.05, 4.69) is 26.0 Å². The van der Waals surface area contributed by atoms with Gasteiger partial charge in [0.1, 0.15) is 0 Å². The first-order valence-electron chi connectivity index (χ1n) is 5.89. The molecule has 0 amide bonds. The third-order valence-corrected chi connectivity index (χ3v) is 3.78. The zero-order valence-electron chi connectivity index (χ0n) is 9.86. The molecule has 0 aromatic heterocycles. The van der Waals surface area contributed by atoms with Crippen LogP contribution in [-0.2, 0) is 11.2 Å².